The monoisotopic (exact) mass is 319 g/mol. The molecule has 0 aliphatic carbocycles. The number of aliphatic hydroxyl groups excluding tert-OH is 1. The smallest absolute Gasteiger partial charge is 0.281 e. The Morgan fingerprint density at radius 2 is 1.86 bits per heavy atom. The molecule has 0 aromatic heterocycles. The molecule has 1 unspecified atom stereocenters. The van der Waals surface area contributed by atoms with Crippen LogP contribution in [0.3, 0.4) is 0 Å². The van der Waals surface area contributed by atoms with Crippen LogP contribution in [-0.4, -0.2) is 79.5 Å². The Kier molecular flexibility index (Phi) is 6.02. The van der Waals surface area contributed by atoms with Gasteiger partial charge in [-0.15, -0.1) is 0 Å². The maximum Gasteiger partial charge on any atom is 0.281 e. The Labute approximate surface area is 128 Å². The van der Waals surface area contributed by atoms with Crippen molar-refractivity contribution >= 4 is 10.2 Å². The fraction of sp³-hybridized carbons (Fsp3) is 1.00. The van der Waals surface area contributed by atoms with Gasteiger partial charge in [-0.3, -0.25) is 4.90 Å². The lowest BCUT2D eigenvalue weighted by Gasteiger charge is -2.34. The Bertz CT molecular complexity index is 421. The molecule has 0 amide bonds. The average molecular weight is 319 g/mol. The molecule has 0 aromatic carbocycles. The Morgan fingerprint density at radius 3 is 2.43 bits per heavy atom. The average Bonchev–Trinajstić information content (AvgIpc) is 2.94. The summed E-state index contributed by atoms with van der Waals surface area (Å²) in [5.41, 5.74) is 0. The predicted octanol–water partition coefficient (Wildman–Crippen LogP) is 0.352. The Morgan fingerprint density at radius 1 is 1.19 bits per heavy atom. The normalized spacial score (nSPS) is 26.8. The van der Waals surface area contributed by atoms with E-state index in [9.17, 15) is 8.42 Å². The standard InChI is InChI=1S/C14H29N3O3S/c1-3-16-8-4-5-14(16)11-15(2)21(19,20)17-9-6-13(12-18)7-10-17/h13-14,18H,3-12H2,1-2H3. The molecule has 2 fully saturated rings. The number of likely N-dealkylation sites (N-methyl/N-ethyl adjacent to an activating group) is 2. The van der Waals surface area contributed by atoms with Gasteiger partial charge in [0.15, 0.2) is 0 Å². The van der Waals surface area contributed by atoms with Crippen LogP contribution in [0.1, 0.15) is 32.6 Å². The molecule has 2 heterocycles. The summed E-state index contributed by atoms with van der Waals surface area (Å²) in [6, 6.07) is 0.352. The van der Waals surface area contributed by atoms with Gasteiger partial charge >= 0.3 is 0 Å². The van der Waals surface area contributed by atoms with E-state index in [2.05, 4.69) is 11.8 Å². The third kappa shape index (κ3) is 3.96. The minimum atomic E-state index is -3.35. The van der Waals surface area contributed by atoms with Crippen LogP contribution in [0.5, 0.6) is 0 Å². The van der Waals surface area contributed by atoms with Crippen LogP contribution in [0, 0.1) is 5.92 Å². The van der Waals surface area contributed by atoms with E-state index in [1.165, 1.54) is 4.31 Å². The summed E-state index contributed by atoms with van der Waals surface area (Å²) in [6.07, 6.45) is 3.76. The third-order valence-corrected chi connectivity index (χ3v) is 6.88. The number of aliphatic hydroxyl groups is 1. The molecule has 0 bridgehead atoms. The fourth-order valence-electron chi connectivity index (χ4n) is 3.43. The van der Waals surface area contributed by atoms with E-state index in [1.807, 2.05) is 0 Å². The van der Waals surface area contributed by atoms with Crippen LogP contribution in [0.15, 0.2) is 0 Å². The molecule has 124 valence electrons. The van der Waals surface area contributed by atoms with Crippen molar-refractivity contribution in [3.05, 3.63) is 0 Å². The highest BCUT2D eigenvalue weighted by molar-refractivity contribution is 7.86. The summed E-state index contributed by atoms with van der Waals surface area (Å²) < 4.78 is 28.4. The predicted molar refractivity (Wildman–Crippen MR) is 83.2 cm³/mol. The van der Waals surface area contributed by atoms with Crippen LogP contribution in [0.2, 0.25) is 0 Å². The van der Waals surface area contributed by atoms with Crippen molar-refractivity contribution in [3.63, 3.8) is 0 Å². The second-order valence-electron chi connectivity index (χ2n) is 6.24. The SMILES string of the molecule is CCN1CCCC1CN(C)S(=O)(=O)N1CCC(CO)CC1. The molecule has 2 saturated heterocycles. The maximum atomic E-state index is 12.6. The Balaban J connectivity index is 1.92. The summed E-state index contributed by atoms with van der Waals surface area (Å²) in [5, 5.41) is 9.15. The minimum Gasteiger partial charge on any atom is -0.396 e. The molecule has 1 atom stereocenters. The second kappa shape index (κ2) is 7.37. The van der Waals surface area contributed by atoms with Crippen LogP contribution in [0.4, 0.5) is 0 Å². The van der Waals surface area contributed by atoms with Gasteiger partial charge in [0.25, 0.3) is 10.2 Å². The van der Waals surface area contributed by atoms with Gasteiger partial charge in [-0.1, -0.05) is 6.92 Å². The second-order valence-corrected chi connectivity index (χ2v) is 8.27. The van der Waals surface area contributed by atoms with E-state index >= 15 is 0 Å². The lowest BCUT2D eigenvalue weighted by molar-refractivity contribution is 0.165. The first kappa shape index (κ1) is 17.1. The molecule has 0 aromatic rings. The van der Waals surface area contributed by atoms with Gasteiger partial charge in [-0.05, 0) is 44.7 Å². The van der Waals surface area contributed by atoms with Crippen molar-refractivity contribution in [2.24, 2.45) is 5.92 Å². The lowest BCUT2D eigenvalue weighted by atomic mass is 10.00. The molecule has 2 aliphatic rings. The number of likely N-dealkylation sites (tertiary alicyclic amines) is 1. The van der Waals surface area contributed by atoms with Gasteiger partial charge in [0.2, 0.25) is 0 Å². The van der Waals surface area contributed by atoms with E-state index in [0.717, 1.165) is 38.8 Å². The molecule has 6 nitrogen and oxygen atoms in total. The van der Waals surface area contributed by atoms with Crippen molar-refractivity contribution in [1.82, 2.24) is 13.5 Å². The number of hydrogen-bond acceptors (Lipinski definition) is 4. The highest BCUT2D eigenvalue weighted by Crippen LogP contribution is 2.22. The molecule has 1 N–H and O–H groups in total. The number of piperidine rings is 1. The molecular weight excluding hydrogens is 290 g/mol. The van der Waals surface area contributed by atoms with Crippen molar-refractivity contribution in [1.29, 1.82) is 0 Å². The van der Waals surface area contributed by atoms with Gasteiger partial charge in [-0.2, -0.15) is 17.0 Å². The first-order chi connectivity index (χ1) is 9.98. The molecule has 7 heteroatoms. The molecule has 0 spiro atoms. The first-order valence-corrected chi connectivity index (χ1v) is 9.45. The van der Waals surface area contributed by atoms with Crippen LogP contribution in [-0.2, 0) is 10.2 Å². The lowest BCUT2D eigenvalue weighted by Crippen LogP contribution is -2.49. The Hall–Kier alpha value is -0.210. The zero-order chi connectivity index (χ0) is 15.5. The summed E-state index contributed by atoms with van der Waals surface area (Å²) in [7, 11) is -1.66. The third-order valence-electron chi connectivity index (χ3n) is 4.92. The van der Waals surface area contributed by atoms with Gasteiger partial charge in [0.05, 0.1) is 0 Å². The topological polar surface area (TPSA) is 64.1 Å². The van der Waals surface area contributed by atoms with Crippen LogP contribution < -0.4 is 0 Å². The highest BCUT2D eigenvalue weighted by atomic mass is 32.2. The molecular formula is C14H29N3O3S. The summed E-state index contributed by atoms with van der Waals surface area (Å²) >= 11 is 0. The van der Waals surface area contributed by atoms with Gasteiger partial charge in [-0.25, -0.2) is 0 Å². The van der Waals surface area contributed by atoms with Gasteiger partial charge in [0, 0.05) is 39.3 Å². The van der Waals surface area contributed by atoms with E-state index in [4.69, 9.17) is 5.11 Å². The van der Waals surface area contributed by atoms with Crippen LogP contribution >= 0.6 is 0 Å². The summed E-state index contributed by atoms with van der Waals surface area (Å²) in [4.78, 5) is 2.37. The minimum absolute atomic E-state index is 0.164. The van der Waals surface area contributed by atoms with Gasteiger partial charge in [0.1, 0.15) is 0 Å². The molecule has 0 saturated carbocycles. The van der Waals surface area contributed by atoms with Crippen molar-refractivity contribution in [2.45, 2.75) is 38.6 Å². The molecule has 0 radical (unpaired) electrons. The van der Waals surface area contributed by atoms with E-state index in [0.29, 0.717) is 25.7 Å². The number of nitrogens with zero attached hydrogens (tertiary/aromatic N) is 3. The van der Waals surface area contributed by atoms with E-state index in [1.54, 1.807) is 11.4 Å². The van der Waals surface area contributed by atoms with Crippen LogP contribution in [0.25, 0.3) is 0 Å². The zero-order valence-corrected chi connectivity index (χ0v) is 14.1. The van der Waals surface area contributed by atoms with Gasteiger partial charge < -0.3 is 5.11 Å². The van der Waals surface area contributed by atoms with Crippen molar-refractivity contribution < 1.29 is 13.5 Å². The molecule has 2 rings (SSSR count). The quantitative estimate of drug-likeness (QED) is 0.767. The fourth-order valence-corrected chi connectivity index (χ4v) is 4.86. The first-order valence-electron chi connectivity index (χ1n) is 8.05. The highest BCUT2D eigenvalue weighted by Gasteiger charge is 2.33. The van der Waals surface area contributed by atoms with E-state index < -0.39 is 10.2 Å². The van der Waals surface area contributed by atoms with Crippen molar-refractivity contribution in [3.8, 4) is 0 Å². The maximum absolute atomic E-state index is 12.6. The molecule has 2 aliphatic heterocycles. The van der Waals surface area contributed by atoms with Crippen molar-refractivity contribution in [2.75, 3.05) is 46.4 Å². The number of rotatable bonds is 6. The summed E-state index contributed by atoms with van der Waals surface area (Å²) in [6.45, 7) is 6.00. The summed E-state index contributed by atoms with van der Waals surface area (Å²) in [5.74, 6) is 0.257. The zero-order valence-electron chi connectivity index (χ0n) is 13.2. The number of hydrogen-bond donors (Lipinski definition) is 1. The largest absolute Gasteiger partial charge is 0.396 e. The van der Waals surface area contributed by atoms with E-state index in [-0.39, 0.29) is 12.5 Å². The molecule has 21 heavy (non-hydrogen) atoms.